The van der Waals surface area contributed by atoms with Gasteiger partial charge >= 0.3 is 26.7 Å². The lowest BCUT2D eigenvalue weighted by atomic mass is 9.85. The molecule has 73 heavy (non-hydrogen) atoms. The molecule has 6 rings (SSSR count). The number of nitrogens with two attached hydrogens (primary N) is 1. The fourth-order valence-corrected chi connectivity index (χ4v) is 10.3. The molecule has 4 amide bonds. The van der Waals surface area contributed by atoms with Gasteiger partial charge in [0.05, 0.1) is 38.1 Å². The molecule has 406 valence electrons. The van der Waals surface area contributed by atoms with Crippen LogP contribution in [0.15, 0.2) is 42.3 Å². The van der Waals surface area contributed by atoms with Crippen LogP contribution >= 0.6 is 11.3 Å². The number of rotatable bonds is 18. The summed E-state index contributed by atoms with van der Waals surface area (Å²) >= 11 is 1.44. The predicted molar refractivity (Wildman–Crippen MR) is 278 cm³/mol. The van der Waals surface area contributed by atoms with Crippen molar-refractivity contribution in [3.05, 3.63) is 42.3 Å². The quantitative estimate of drug-likeness (QED) is 0.0867. The Morgan fingerprint density at radius 2 is 1.58 bits per heavy atom. The Morgan fingerprint density at radius 1 is 0.932 bits per heavy atom. The Kier molecular flexibility index (Phi) is 18.7. The van der Waals surface area contributed by atoms with Gasteiger partial charge in [-0.25, -0.2) is 24.6 Å². The number of thiazole rings is 1. The zero-order valence-electron chi connectivity index (χ0n) is 44.0. The van der Waals surface area contributed by atoms with E-state index < -0.39 is 84.9 Å². The van der Waals surface area contributed by atoms with E-state index in [2.05, 4.69) is 31.9 Å². The van der Waals surface area contributed by atoms with Crippen molar-refractivity contribution in [2.24, 2.45) is 27.3 Å². The summed E-state index contributed by atoms with van der Waals surface area (Å²) in [6.45, 7) is 24.0. The van der Waals surface area contributed by atoms with Crippen molar-refractivity contribution in [1.82, 2.24) is 30.2 Å². The number of alkyl carbamates (subject to hydrolysis) is 1. The number of aromatic nitrogens is 2. The second-order valence-corrected chi connectivity index (χ2v) is 25.9. The first-order valence-electron chi connectivity index (χ1n) is 24.2. The van der Waals surface area contributed by atoms with Crippen LogP contribution in [0.1, 0.15) is 115 Å². The molecule has 24 heteroatoms. The van der Waals surface area contributed by atoms with E-state index in [1.165, 1.54) is 22.3 Å². The predicted octanol–water partition coefficient (Wildman–Crippen LogP) is 6.36. The minimum Gasteiger partial charge on any atom is -0.497 e. The number of hydrogen-bond donors (Lipinski definition) is 5. The largest absolute Gasteiger partial charge is 0.497 e. The summed E-state index contributed by atoms with van der Waals surface area (Å²) in [5.41, 5.74) is -1.54. The molecular weight excluding hydrogens is 1000 g/mol. The lowest BCUT2D eigenvalue weighted by Gasteiger charge is -2.35. The van der Waals surface area contributed by atoms with Crippen molar-refractivity contribution in [3.8, 4) is 22.9 Å². The third-order valence-electron chi connectivity index (χ3n) is 11.8. The topological polar surface area (TPSA) is 286 Å². The number of pyridine rings is 1. The van der Waals surface area contributed by atoms with Crippen molar-refractivity contribution >= 4 is 71.8 Å². The Labute approximate surface area is 434 Å². The van der Waals surface area contributed by atoms with Gasteiger partial charge < -0.3 is 35.1 Å². The SMILES string of the molecule is C=C[C@@H]1C[C@]1(NC(=O)[C@@H]1C[C@@H](Oc2cc(-c3csc(NC(C)C)n3)nc3cc(OC)ccc23)CN1C(=O)[C@@H](NC(=O)OC1CCCC1)C(C)(C)C)C(=O)NS(=O)(=O)OCC(C)(C)C.CC(C)(C)COS(N)(=O)=O. The Bertz CT molecular complexity index is 2710. The summed E-state index contributed by atoms with van der Waals surface area (Å²) in [6.07, 6.45) is 3.07. The number of benzene rings is 1. The number of nitrogens with zero attached hydrogens (tertiary/aromatic N) is 3. The van der Waals surface area contributed by atoms with Gasteiger partial charge in [-0.1, -0.05) is 68.4 Å². The number of anilines is 1. The number of methoxy groups -OCH3 is 1. The molecule has 0 spiro atoms. The van der Waals surface area contributed by atoms with Crippen molar-refractivity contribution in [3.63, 3.8) is 0 Å². The molecule has 0 radical (unpaired) electrons. The summed E-state index contributed by atoms with van der Waals surface area (Å²) in [5.74, 6) is -1.92. The van der Waals surface area contributed by atoms with Gasteiger partial charge in [0.15, 0.2) is 5.13 Å². The van der Waals surface area contributed by atoms with Crippen LogP contribution < -0.4 is 35.3 Å². The lowest BCUT2D eigenvalue weighted by Crippen LogP contribution is -2.60. The van der Waals surface area contributed by atoms with Gasteiger partial charge in [0.2, 0.25) is 11.8 Å². The fraction of sp³-hybridized carbons (Fsp3) is 0.633. The number of likely N-dealkylation sites (tertiary alicyclic amines) is 1. The van der Waals surface area contributed by atoms with Crippen molar-refractivity contribution in [1.29, 1.82) is 0 Å². The number of nitrogens with one attached hydrogen (secondary N) is 4. The normalized spacial score (nSPS) is 20.9. The molecule has 6 N–H and O–H groups in total. The zero-order chi connectivity index (χ0) is 54.5. The molecule has 0 unspecified atom stereocenters. The van der Waals surface area contributed by atoms with E-state index in [-0.39, 0.29) is 50.2 Å². The van der Waals surface area contributed by atoms with Crippen LogP contribution in [0, 0.1) is 22.2 Å². The summed E-state index contributed by atoms with van der Waals surface area (Å²) < 4.78 is 75.6. The lowest BCUT2D eigenvalue weighted by molar-refractivity contribution is -0.143. The molecule has 3 heterocycles. The van der Waals surface area contributed by atoms with Gasteiger partial charge in [0.1, 0.15) is 47.0 Å². The summed E-state index contributed by atoms with van der Waals surface area (Å²) in [6, 6.07) is 4.94. The van der Waals surface area contributed by atoms with Crippen LogP contribution in [0.5, 0.6) is 11.5 Å². The molecule has 1 saturated heterocycles. The van der Waals surface area contributed by atoms with Gasteiger partial charge in [-0.3, -0.25) is 22.7 Å². The number of hydrogen-bond acceptors (Lipinski definition) is 17. The van der Waals surface area contributed by atoms with E-state index >= 15 is 0 Å². The summed E-state index contributed by atoms with van der Waals surface area (Å²) in [7, 11) is -6.75. The molecule has 21 nitrogen and oxygen atoms in total. The van der Waals surface area contributed by atoms with Gasteiger partial charge in [-0.15, -0.1) is 17.9 Å². The Morgan fingerprint density at radius 3 is 2.12 bits per heavy atom. The first-order chi connectivity index (χ1) is 33.7. The molecule has 2 saturated carbocycles. The van der Waals surface area contributed by atoms with Crippen LogP contribution in [-0.4, -0.2) is 118 Å². The first kappa shape index (κ1) is 58.7. The first-order valence-corrected chi connectivity index (χ1v) is 28.0. The van der Waals surface area contributed by atoms with Crippen molar-refractivity contribution in [2.45, 2.75) is 151 Å². The number of fused-ring (bicyclic) bond motifs is 1. The smallest absolute Gasteiger partial charge is 0.408 e. The molecule has 3 fully saturated rings. The minimum absolute atomic E-state index is 0.0289. The highest BCUT2D eigenvalue weighted by atomic mass is 32.2. The molecule has 2 aromatic heterocycles. The highest BCUT2D eigenvalue weighted by Gasteiger charge is 2.62. The highest BCUT2D eigenvalue weighted by molar-refractivity contribution is 7.85. The van der Waals surface area contributed by atoms with E-state index in [1.54, 1.807) is 66.9 Å². The Hall–Kier alpha value is -5.14. The molecule has 3 aliphatic rings. The fourth-order valence-electron chi connectivity index (χ4n) is 8.00. The number of carbonyl (C=O) groups is 4. The molecule has 0 bridgehead atoms. The van der Waals surface area contributed by atoms with E-state index in [4.69, 9.17) is 28.4 Å². The molecular formula is C49H74N8O13S3. The van der Waals surface area contributed by atoms with Crippen molar-refractivity contribution in [2.75, 3.05) is 32.2 Å². The minimum atomic E-state index is -4.55. The molecule has 2 aliphatic carbocycles. The third-order valence-corrected chi connectivity index (χ3v) is 13.9. The van der Waals surface area contributed by atoms with Crippen LogP contribution in [0.3, 0.4) is 0 Å². The summed E-state index contributed by atoms with van der Waals surface area (Å²) in [5, 5.41) is 16.7. The van der Waals surface area contributed by atoms with Gasteiger partial charge in [-0.2, -0.15) is 16.8 Å². The number of ether oxygens (including phenoxy) is 3. The molecule has 3 aromatic rings. The van der Waals surface area contributed by atoms with E-state index in [0.29, 0.717) is 33.8 Å². The van der Waals surface area contributed by atoms with Gasteiger partial charge in [0.25, 0.3) is 5.91 Å². The molecule has 1 aliphatic heterocycles. The van der Waals surface area contributed by atoms with Crippen LogP contribution in [0.2, 0.25) is 0 Å². The maximum Gasteiger partial charge on any atom is 0.408 e. The van der Waals surface area contributed by atoms with Gasteiger partial charge in [0, 0.05) is 41.3 Å². The monoisotopic (exact) mass is 1080 g/mol. The highest BCUT2D eigenvalue weighted by Crippen LogP contribution is 2.45. The van der Waals surface area contributed by atoms with Crippen LogP contribution in [0.4, 0.5) is 9.93 Å². The standard InChI is InChI=1S/C44H61N7O10S2.C5H13NO3S/c1-11-26-21-44(26,39(54)50-63(56,57)59-24-42(4,5)6)49-37(52)34-19-29(22-51(34)38(53)36(43(7,8)9)48-41(55)61-27-14-12-13-15-27)60-35-20-32(33-23-62-40(47-33)45-25(2)3)46-31-18-28(58-10)16-17-30(31)35;1-5(2,3)4-9-10(6,7)8/h11,16-18,20,23,25-27,29,34,36H,1,12-15,19,21-22,24H2,2-10H3,(H,45,47)(H,48,55)(H,49,52)(H,50,54);4H2,1-3H3,(H2,6,7,8)/t26-,29-,34+,36-,44-;/m1./s1. The van der Waals surface area contributed by atoms with Crippen LogP contribution in [0.25, 0.3) is 22.3 Å². The second kappa shape index (κ2) is 23.2. The van der Waals surface area contributed by atoms with Crippen molar-refractivity contribution < 1.29 is 58.6 Å². The number of amides is 4. The summed E-state index contributed by atoms with van der Waals surface area (Å²) in [4.78, 5) is 67.5. The Balaban J connectivity index is 0.000000891. The van der Waals surface area contributed by atoms with Gasteiger partial charge in [-0.05, 0) is 74.3 Å². The van der Waals surface area contributed by atoms with E-state index in [0.717, 1.165) is 30.8 Å². The number of carbonyl (C=O) groups excluding carboxylic acids is 4. The maximum atomic E-state index is 14.8. The second-order valence-electron chi connectivity index (χ2n) is 22.5. The van der Waals surface area contributed by atoms with Crippen LogP contribution in [-0.2, 0) is 48.1 Å². The average Bonchev–Trinajstić information content (AvgIpc) is 3.68. The third kappa shape index (κ3) is 16.9. The zero-order valence-corrected chi connectivity index (χ0v) is 46.4. The maximum absolute atomic E-state index is 14.8. The van der Waals surface area contributed by atoms with E-state index in [9.17, 15) is 36.0 Å². The molecule has 1 aromatic carbocycles. The molecule has 5 atom stereocenters. The van der Waals surface area contributed by atoms with E-state index in [1.807, 2.05) is 50.8 Å². The average molecular weight is 1080 g/mol.